The Kier molecular flexibility index (Phi) is 6.00. The van der Waals surface area contributed by atoms with Crippen molar-refractivity contribution in [1.82, 2.24) is 4.90 Å². The molecule has 0 aromatic heterocycles. The molecule has 1 heterocycles. The Morgan fingerprint density at radius 3 is 2.03 bits per heavy atom. The normalized spacial score (nSPS) is 15.6. The minimum Gasteiger partial charge on any atom is -0.478 e. The smallest absolute Gasteiger partial charge is 0.335 e. The second-order valence-corrected chi connectivity index (χ2v) is 7.54. The van der Waals surface area contributed by atoms with Gasteiger partial charge in [0.05, 0.1) is 5.56 Å². The molecule has 1 atom stereocenters. The predicted molar refractivity (Wildman–Crippen MR) is 119 cm³/mol. The van der Waals surface area contributed by atoms with Gasteiger partial charge in [-0.25, -0.2) is 4.79 Å². The molecule has 3 aromatic rings. The lowest BCUT2D eigenvalue weighted by Gasteiger charge is -2.39. The van der Waals surface area contributed by atoms with Gasteiger partial charge >= 0.3 is 5.97 Å². The van der Waals surface area contributed by atoms with E-state index in [1.165, 1.54) is 5.56 Å². The van der Waals surface area contributed by atoms with Crippen molar-refractivity contribution in [3.63, 3.8) is 0 Å². The minimum absolute atomic E-state index is 0.325. The van der Waals surface area contributed by atoms with Crippen LogP contribution in [-0.4, -0.2) is 42.2 Å². The van der Waals surface area contributed by atoms with E-state index in [0.717, 1.165) is 43.4 Å². The molecular weight excluding hydrogens is 376 g/mol. The van der Waals surface area contributed by atoms with Crippen LogP contribution in [0, 0.1) is 0 Å². The number of anilines is 1. The van der Waals surface area contributed by atoms with Gasteiger partial charge in [-0.1, -0.05) is 30.3 Å². The van der Waals surface area contributed by atoms with Crippen LogP contribution < -0.4 is 9.64 Å². The molecule has 1 unspecified atom stereocenters. The zero-order valence-corrected chi connectivity index (χ0v) is 17.1. The number of para-hydroxylation sites is 1. The van der Waals surface area contributed by atoms with Gasteiger partial charge in [-0.3, -0.25) is 4.90 Å². The molecule has 1 aliphatic rings. The minimum atomic E-state index is -0.889. The van der Waals surface area contributed by atoms with E-state index >= 15 is 0 Å². The van der Waals surface area contributed by atoms with Crippen molar-refractivity contribution >= 4 is 11.7 Å². The average Bonchev–Trinajstić information content (AvgIpc) is 2.80. The van der Waals surface area contributed by atoms with E-state index in [2.05, 4.69) is 28.9 Å². The number of carboxylic acid groups (broad SMARTS) is 1. The van der Waals surface area contributed by atoms with Gasteiger partial charge in [0, 0.05) is 37.9 Å². The number of aromatic carboxylic acids is 1. The molecule has 0 bridgehead atoms. The van der Waals surface area contributed by atoms with Crippen molar-refractivity contribution in [2.24, 2.45) is 0 Å². The van der Waals surface area contributed by atoms with E-state index < -0.39 is 5.97 Å². The van der Waals surface area contributed by atoms with Crippen LogP contribution >= 0.6 is 0 Å². The van der Waals surface area contributed by atoms with Gasteiger partial charge in [0.2, 0.25) is 0 Å². The first-order valence-corrected chi connectivity index (χ1v) is 10.3. The molecule has 30 heavy (non-hydrogen) atoms. The molecule has 5 nitrogen and oxygen atoms in total. The number of hydrogen-bond acceptors (Lipinski definition) is 4. The molecule has 154 valence electrons. The fourth-order valence-electron chi connectivity index (χ4n) is 3.83. The number of piperazine rings is 1. The van der Waals surface area contributed by atoms with Gasteiger partial charge in [0.15, 0.2) is 0 Å². The summed E-state index contributed by atoms with van der Waals surface area (Å²) in [5.41, 5.74) is 2.68. The molecule has 1 saturated heterocycles. The Labute approximate surface area is 177 Å². The number of carboxylic acids is 1. The van der Waals surface area contributed by atoms with Gasteiger partial charge in [0.1, 0.15) is 11.5 Å². The molecule has 1 N–H and O–H groups in total. The highest BCUT2D eigenvalue weighted by Gasteiger charge is 2.22. The molecule has 5 heteroatoms. The van der Waals surface area contributed by atoms with Crippen molar-refractivity contribution in [3.05, 3.63) is 90.0 Å². The zero-order valence-electron chi connectivity index (χ0n) is 17.1. The molecule has 0 aliphatic carbocycles. The van der Waals surface area contributed by atoms with Crippen molar-refractivity contribution in [2.45, 2.75) is 13.0 Å². The highest BCUT2D eigenvalue weighted by molar-refractivity contribution is 5.88. The maximum absolute atomic E-state index is 11.0. The third-order valence-corrected chi connectivity index (χ3v) is 5.68. The van der Waals surface area contributed by atoms with Crippen LogP contribution in [0.3, 0.4) is 0 Å². The van der Waals surface area contributed by atoms with E-state index in [0.29, 0.717) is 11.6 Å². The molecule has 0 saturated carbocycles. The second-order valence-electron chi connectivity index (χ2n) is 7.54. The van der Waals surface area contributed by atoms with Crippen molar-refractivity contribution in [3.8, 4) is 11.5 Å². The van der Waals surface area contributed by atoms with Crippen LogP contribution in [0.25, 0.3) is 0 Å². The third kappa shape index (κ3) is 4.63. The number of ether oxygens (including phenoxy) is 1. The molecule has 0 radical (unpaired) electrons. The largest absolute Gasteiger partial charge is 0.478 e. The summed E-state index contributed by atoms with van der Waals surface area (Å²) in [7, 11) is 0. The van der Waals surface area contributed by atoms with E-state index in [1.807, 2.05) is 54.6 Å². The van der Waals surface area contributed by atoms with Gasteiger partial charge in [0.25, 0.3) is 0 Å². The first-order valence-electron chi connectivity index (χ1n) is 10.3. The summed E-state index contributed by atoms with van der Waals surface area (Å²) in [6.45, 7) is 6.01. The third-order valence-electron chi connectivity index (χ3n) is 5.68. The highest BCUT2D eigenvalue weighted by Crippen LogP contribution is 2.27. The number of benzene rings is 3. The van der Waals surface area contributed by atoms with E-state index in [4.69, 9.17) is 9.84 Å². The predicted octanol–water partition coefficient (Wildman–Crippen LogP) is 5.06. The first-order chi connectivity index (χ1) is 14.6. The van der Waals surface area contributed by atoms with Crippen LogP contribution in [0.15, 0.2) is 78.9 Å². The molecule has 0 amide bonds. The molecule has 4 rings (SSSR count). The number of rotatable bonds is 6. The van der Waals surface area contributed by atoms with Gasteiger partial charge in [-0.2, -0.15) is 0 Å². The maximum atomic E-state index is 11.0. The Morgan fingerprint density at radius 1 is 0.833 bits per heavy atom. The monoisotopic (exact) mass is 402 g/mol. The summed E-state index contributed by atoms with van der Waals surface area (Å²) in [5, 5.41) is 9.05. The summed E-state index contributed by atoms with van der Waals surface area (Å²) in [5.74, 6) is 0.790. The van der Waals surface area contributed by atoms with Gasteiger partial charge < -0.3 is 14.7 Å². The maximum Gasteiger partial charge on any atom is 0.335 e. The summed E-state index contributed by atoms with van der Waals surface area (Å²) in [4.78, 5) is 15.8. The summed E-state index contributed by atoms with van der Waals surface area (Å²) >= 11 is 0. The molecule has 3 aromatic carbocycles. The van der Waals surface area contributed by atoms with Crippen molar-refractivity contribution in [1.29, 1.82) is 0 Å². The summed E-state index contributed by atoms with van der Waals surface area (Å²) in [6.07, 6.45) is 0. The SMILES string of the molecule is CC(c1ccc(Oc2ccccc2)cc1)N1CCN(c2ccc(C(=O)O)cc2)CC1. The second kappa shape index (κ2) is 9.01. The fraction of sp³-hybridized carbons (Fsp3) is 0.240. The van der Waals surface area contributed by atoms with Gasteiger partial charge in [-0.15, -0.1) is 0 Å². The molecule has 1 aliphatic heterocycles. The molecule has 0 spiro atoms. The Hall–Kier alpha value is -3.31. The first kappa shape index (κ1) is 20.0. The fourth-order valence-corrected chi connectivity index (χ4v) is 3.83. The quantitative estimate of drug-likeness (QED) is 0.625. The number of carbonyl (C=O) groups is 1. The van der Waals surface area contributed by atoms with Crippen molar-refractivity contribution < 1.29 is 14.6 Å². The Morgan fingerprint density at radius 2 is 1.43 bits per heavy atom. The molecule has 1 fully saturated rings. The van der Waals surface area contributed by atoms with E-state index in [9.17, 15) is 4.79 Å². The lowest BCUT2D eigenvalue weighted by molar-refractivity contribution is 0.0697. The van der Waals surface area contributed by atoms with Crippen LogP contribution in [0.2, 0.25) is 0 Å². The van der Waals surface area contributed by atoms with Crippen LogP contribution in [0.1, 0.15) is 28.9 Å². The number of hydrogen-bond donors (Lipinski definition) is 1. The van der Waals surface area contributed by atoms with Crippen LogP contribution in [0.5, 0.6) is 11.5 Å². The topological polar surface area (TPSA) is 53.0 Å². The highest BCUT2D eigenvalue weighted by atomic mass is 16.5. The zero-order chi connectivity index (χ0) is 20.9. The van der Waals surface area contributed by atoms with Crippen LogP contribution in [-0.2, 0) is 0 Å². The summed E-state index contributed by atoms with van der Waals surface area (Å²) < 4.78 is 5.89. The lowest BCUT2D eigenvalue weighted by atomic mass is 10.1. The van der Waals surface area contributed by atoms with Crippen LogP contribution in [0.4, 0.5) is 5.69 Å². The Balaban J connectivity index is 1.33. The number of nitrogens with zero attached hydrogens (tertiary/aromatic N) is 2. The van der Waals surface area contributed by atoms with Gasteiger partial charge in [-0.05, 0) is 61.0 Å². The summed E-state index contributed by atoms with van der Waals surface area (Å²) in [6, 6.07) is 25.6. The van der Waals surface area contributed by atoms with E-state index in [-0.39, 0.29) is 0 Å². The average molecular weight is 402 g/mol. The van der Waals surface area contributed by atoms with Crippen molar-refractivity contribution in [2.75, 3.05) is 31.1 Å². The molecular formula is C25H26N2O3. The lowest BCUT2D eigenvalue weighted by Crippen LogP contribution is -2.47. The standard InChI is InChI=1S/C25H26N2O3/c1-19(20-9-13-24(14-10-20)30-23-5-3-2-4-6-23)26-15-17-27(18-16-26)22-11-7-21(8-12-22)25(28)29/h2-14,19H,15-18H2,1H3,(H,28,29). The Bertz CT molecular complexity index is 964. The van der Waals surface area contributed by atoms with E-state index in [1.54, 1.807) is 12.1 Å².